The zero-order chi connectivity index (χ0) is 22.8. The molecular formula is C26H29N3O4. The van der Waals surface area contributed by atoms with Crippen molar-refractivity contribution < 1.29 is 19.3 Å². The van der Waals surface area contributed by atoms with Crippen LogP contribution in [0.3, 0.4) is 0 Å². The van der Waals surface area contributed by atoms with E-state index in [4.69, 9.17) is 24.2 Å². The SMILES string of the molecule is COc1ccc(-c2ccc3c(C4=CCOCC4)cc(N4CCOCC4C)nc3n2)cc1CO. The molecule has 7 nitrogen and oxygen atoms in total. The Kier molecular flexibility index (Phi) is 6.26. The highest BCUT2D eigenvalue weighted by Crippen LogP contribution is 2.33. The van der Waals surface area contributed by atoms with Gasteiger partial charge in [0.25, 0.3) is 0 Å². The molecule has 33 heavy (non-hydrogen) atoms. The summed E-state index contributed by atoms with van der Waals surface area (Å²) in [5.41, 5.74) is 5.62. The zero-order valence-corrected chi connectivity index (χ0v) is 19.1. The molecule has 7 heteroatoms. The van der Waals surface area contributed by atoms with E-state index in [0.717, 1.165) is 47.6 Å². The van der Waals surface area contributed by atoms with Crippen LogP contribution in [0.4, 0.5) is 5.82 Å². The van der Waals surface area contributed by atoms with E-state index in [2.05, 4.69) is 30.0 Å². The third-order valence-electron chi connectivity index (χ3n) is 6.38. The van der Waals surface area contributed by atoms with Crippen molar-refractivity contribution in [1.29, 1.82) is 0 Å². The van der Waals surface area contributed by atoms with Crippen LogP contribution in [0.25, 0.3) is 27.9 Å². The van der Waals surface area contributed by atoms with Gasteiger partial charge in [-0.15, -0.1) is 0 Å². The monoisotopic (exact) mass is 447 g/mol. The number of aliphatic hydroxyl groups is 1. The van der Waals surface area contributed by atoms with Crippen LogP contribution in [-0.4, -0.2) is 61.2 Å². The van der Waals surface area contributed by atoms with Crippen LogP contribution in [0.1, 0.15) is 24.5 Å². The van der Waals surface area contributed by atoms with Crippen molar-refractivity contribution in [3.8, 4) is 17.0 Å². The lowest BCUT2D eigenvalue weighted by Gasteiger charge is -2.34. The van der Waals surface area contributed by atoms with Gasteiger partial charge in [0.2, 0.25) is 0 Å². The maximum absolute atomic E-state index is 9.73. The minimum absolute atomic E-state index is 0.0950. The van der Waals surface area contributed by atoms with Crippen molar-refractivity contribution in [3.05, 3.63) is 53.6 Å². The third kappa shape index (κ3) is 4.31. The van der Waals surface area contributed by atoms with Gasteiger partial charge in [0.1, 0.15) is 11.6 Å². The summed E-state index contributed by atoms with van der Waals surface area (Å²) in [5.74, 6) is 1.59. The number of rotatable bonds is 5. The number of nitrogens with zero attached hydrogens (tertiary/aromatic N) is 3. The Morgan fingerprint density at radius 1 is 1.12 bits per heavy atom. The molecule has 1 atom stereocenters. The zero-order valence-electron chi connectivity index (χ0n) is 19.1. The molecule has 0 aliphatic carbocycles. The van der Waals surface area contributed by atoms with E-state index in [-0.39, 0.29) is 12.6 Å². The number of benzene rings is 1. The molecular weight excluding hydrogens is 418 g/mol. The van der Waals surface area contributed by atoms with Crippen molar-refractivity contribution in [2.24, 2.45) is 0 Å². The Balaban J connectivity index is 1.64. The van der Waals surface area contributed by atoms with E-state index < -0.39 is 0 Å². The molecule has 2 aromatic heterocycles. The van der Waals surface area contributed by atoms with Gasteiger partial charge in [-0.25, -0.2) is 9.97 Å². The van der Waals surface area contributed by atoms with E-state index in [1.807, 2.05) is 24.3 Å². The topological polar surface area (TPSA) is 76.9 Å². The number of aliphatic hydroxyl groups excluding tert-OH is 1. The van der Waals surface area contributed by atoms with Crippen molar-refractivity contribution in [2.75, 3.05) is 45.0 Å². The van der Waals surface area contributed by atoms with Crippen LogP contribution in [0.5, 0.6) is 5.75 Å². The number of ether oxygens (including phenoxy) is 3. The Morgan fingerprint density at radius 2 is 2.03 bits per heavy atom. The lowest BCUT2D eigenvalue weighted by Crippen LogP contribution is -2.44. The molecule has 1 fully saturated rings. The summed E-state index contributed by atoms with van der Waals surface area (Å²) in [6.45, 7) is 5.61. The Morgan fingerprint density at radius 3 is 2.79 bits per heavy atom. The fraction of sp³-hybridized carbons (Fsp3) is 0.385. The molecule has 0 bridgehead atoms. The van der Waals surface area contributed by atoms with Gasteiger partial charge >= 0.3 is 0 Å². The molecule has 0 amide bonds. The summed E-state index contributed by atoms with van der Waals surface area (Å²) in [6, 6.07) is 12.3. The molecule has 5 rings (SSSR count). The van der Waals surface area contributed by atoms with Crippen molar-refractivity contribution in [1.82, 2.24) is 9.97 Å². The van der Waals surface area contributed by atoms with Crippen molar-refractivity contribution in [2.45, 2.75) is 26.0 Å². The minimum Gasteiger partial charge on any atom is -0.496 e. The molecule has 1 aromatic carbocycles. The second kappa shape index (κ2) is 9.47. The molecule has 4 heterocycles. The minimum atomic E-state index is -0.0950. The van der Waals surface area contributed by atoms with Gasteiger partial charge in [-0.2, -0.15) is 0 Å². The average Bonchev–Trinajstić information content (AvgIpc) is 2.88. The number of aromatic nitrogens is 2. The average molecular weight is 448 g/mol. The Hall–Kier alpha value is -3.00. The number of hydrogen-bond donors (Lipinski definition) is 1. The molecule has 1 N–H and O–H groups in total. The molecule has 0 saturated carbocycles. The van der Waals surface area contributed by atoms with Gasteiger partial charge < -0.3 is 24.2 Å². The maximum atomic E-state index is 9.73. The van der Waals surface area contributed by atoms with E-state index in [1.165, 1.54) is 11.1 Å². The van der Waals surface area contributed by atoms with E-state index in [9.17, 15) is 5.11 Å². The number of morpholine rings is 1. The van der Waals surface area contributed by atoms with Crippen LogP contribution in [0.15, 0.2) is 42.5 Å². The predicted octanol–water partition coefficient (Wildman–Crippen LogP) is 3.83. The Bertz CT molecular complexity index is 1190. The fourth-order valence-corrected chi connectivity index (χ4v) is 4.57. The second-order valence-corrected chi connectivity index (χ2v) is 8.45. The fourth-order valence-electron chi connectivity index (χ4n) is 4.57. The van der Waals surface area contributed by atoms with Gasteiger partial charge in [0.15, 0.2) is 5.65 Å². The van der Waals surface area contributed by atoms with Gasteiger partial charge in [-0.3, -0.25) is 0 Å². The molecule has 2 aliphatic heterocycles. The summed E-state index contributed by atoms with van der Waals surface area (Å²) in [4.78, 5) is 12.3. The number of methoxy groups -OCH3 is 1. The van der Waals surface area contributed by atoms with Gasteiger partial charge in [0, 0.05) is 23.1 Å². The van der Waals surface area contributed by atoms with Crippen LogP contribution in [0, 0.1) is 0 Å². The molecule has 1 unspecified atom stereocenters. The number of anilines is 1. The quantitative estimate of drug-likeness (QED) is 0.637. The van der Waals surface area contributed by atoms with Gasteiger partial charge in [-0.1, -0.05) is 6.08 Å². The summed E-state index contributed by atoms with van der Waals surface area (Å²) in [7, 11) is 1.60. The molecule has 1 saturated heterocycles. The van der Waals surface area contributed by atoms with Crippen molar-refractivity contribution in [3.63, 3.8) is 0 Å². The lowest BCUT2D eigenvalue weighted by atomic mass is 9.97. The Labute approximate surface area is 193 Å². The molecule has 2 aliphatic rings. The first-order valence-electron chi connectivity index (χ1n) is 11.4. The molecule has 172 valence electrons. The number of fused-ring (bicyclic) bond motifs is 1. The van der Waals surface area contributed by atoms with Crippen molar-refractivity contribution >= 4 is 22.4 Å². The largest absolute Gasteiger partial charge is 0.496 e. The van der Waals surface area contributed by atoms with E-state index in [0.29, 0.717) is 31.2 Å². The molecule has 0 spiro atoms. The first-order valence-corrected chi connectivity index (χ1v) is 11.4. The molecule has 0 radical (unpaired) electrons. The van der Waals surface area contributed by atoms with E-state index >= 15 is 0 Å². The van der Waals surface area contributed by atoms with Gasteiger partial charge in [0.05, 0.1) is 51.9 Å². The van der Waals surface area contributed by atoms with Crippen LogP contribution >= 0.6 is 0 Å². The lowest BCUT2D eigenvalue weighted by molar-refractivity contribution is 0.0985. The maximum Gasteiger partial charge on any atom is 0.162 e. The first kappa shape index (κ1) is 21.8. The summed E-state index contributed by atoms with van der Waals surface area (Å²) in [5, 5.41) is 10.8. The van der Waals surface area contributed by atoms with Crippen LogP contribution in [0.2, 0.25) is 0 Å². The summed E-state index contributed by atoms with van der Waals surface area (Å²) >= 11 is 0. The summed E-state index contributed by atoms with van der Waals surface area (Å²) in [6.07, 6.45) is 3.03. The standard InChI is InChI=1S/C26H29N3O4/c1-17-16-33-12-9-29(17)25-14-22(18-7-10-32-11-8-18)21-4-5-23(27-26(21)28-25)19-3-6-24(31-2)20(13-19)15-30/h3-7,13-14,17,30H,8-12,15-16H2,1-2H3. The first-order chi connectivity index (χ1) is 16.2. The molecule has 3 aromatic rings. The number of pyridine rings is 2. The van der Waals surface area contributed by atoms with Crippen LogP contribution in [-0.2, 0) is 16.1 Å². The summed E-state index contributed by atoms with van der Waals surface area (Å²) < 4.78 is 16.5. The normalized spacial score (nSPS) is 18.9. The third-order valence-corrected chi connectivity index (χ3v) is 6.38. The highest BCUT2D eigenvalue weighted by Gasteiger charge is 2.23. The number of hydrogen-bond acceptors (Lipinski definition) is 7. The van der Waals surface area contributed by atoms with Crippen LogP contribution < -0.4 is 9.64 Å². The highest BCUT2D eigenvalue weighted by molar-refractivity contribution is 5.92. The predicted molar refractivity (Wildman–Crippen MR) is 128 cm³/mol. The second-order valence-electron chi connectivity index (χ2n) is 8.45. The smallest absolute Gasteiger partial charge is 0.162 e. The van der Waals surface area contributed by atoms with Gasteiger partial charge in [-0.05, 0) is 60.9 Å². The highest BCUT2D eigenvalue weighted by atomic mass is 16.5. The van der Waals surface area contributed by atoms with E-state index in [1.54, 1.807) is 7.11 Å².